The first kappa shape index (κ1) is 12.0. The SMILES string of the molecule is CCOc1ccccc1NC(=O)Cc1nn[nH]n1. The summed E-state index contributed by atoms with van der Waals surface area (Å²) in [7, 11) is 0. The average Bonchev–Trinajstić information content (AvgIpc) is 2.84. The average molecular weight is 247 g/mol. The van der Waals surface area contributed by atoms with E-state index >= 15 is 0 Å². The summed E-state index contributed by atoms with van der Waals surface area (Å²) >= 11 is 0. The van der Waals surface area contributed by atoms with Gasteiger partial charge in [-0.1, -0.05) is 17.3 Å². The number of anilines is 1. The lowest BCUT2D eigenvalue weighted by Crippen LogP contribution is -2.16. The van der Waals surface area contributed by atoms with Crippen LogP contribution < -0.4 is 10.1 Å². The maximum Gasteiger partial charge on any atom is 0.232 e. The molecular formula is C11H13N5O2. The van der Waals surface area contributed by atoms with Crippen LogP contribution in [0.25, 0.3) is 0 Å². The summed E-state index contributed by atoms with van der Waals surface area (Å²) in [5.41, 5.74) is 0.632. The molecule has 18 heavy (non-hydrogen) atoms. The molecule has 2 rings (SSSR count). The smallest absolute Gasteiger partial charge is 0.232 e. The van der Waals surface area contributed by atoms with E-state index in [1.807, 2.05) is 19.1 Å². The molecule has 94 valence electrons. The van der Waals surface area contributed by atoms with E-state index in [4.69, 9.17) is 4.74 Å². The lowest BCUT2D eigenvalue weighted by Gasteiger charge is -2.10. The summed E-state index contributed by atoms with van der Waals surface area (Å²) in [5, 5.41) is 15.9. The molecule has 0 saturated carbocycles. The number of nitrogens with zero attached hydrogens (tertiary/aromatic N) is 3. The summed E-state index contributed by atoms with van der Waals surface area (Å²) < 4.78 is 5.41. The number of benzene rings is 1. The van der Waals surface area contributed by atoms with Gasteiger partial charge < -0.3 is 10.1 Å². The van der Waals surface area contributed by atoms with Gasteiger partial charge in [-0.2, -0.15) is 5.21 Å². The van der Waals surface area contributed by atoms with Crippen LogP contribution in [0.1, 0.15) is 12.7 Å². The number of carbonyl (C=O) groups excluding carboxylic acids is 1. The van der Waals surface area contributed by atoms with Crippen molar-refractivity contribution in [2.75, 3.05) is 11.9 Å². The van der Waals surface area contributed by atoms with Crippen LogP contribution in [0.4, 0.5) is 5.69 Å². The molecule has 1 aromatic heterocycles. The molecular weight excluding hydrogens is 234 g/mol. The number of carbonyl (C=O) groups is 1. The Morgan fingerprint density at radius 1 is 1.44 bits per heavy atom. The molecule has 1 heterocycles. The van der Waals surface area contributed by atoms with E-state index in [1.54, 1.807) is 12.1 Å². The van der Waals surface area contributed by atoms with Crippen molar-refractivity contribution in [1.82, 2.24) is 20.6 Å². The highest BCUT2D eigenvalue weighted by Gasteiger charge is 2.10. The molecule has 0 saturated heterocycles. The minimum atomic E-state index is -0.219. The number of para-hydroxylation sites is 2. The Morgan fingerprint density at radius 2 is 2.28 bits per heavy atom. The third kappa shape index (κ3) is 3.03. The van der Waals surface area contributed by atoms with Crippen molar-refractivity contribution in [3.63, 3.8) is 0 Å². The summed E-state index contributed by atoms with van der Waals surface area (Å²) in [6.07, 6.45) is 0.0664. The minimum absolute atomic E-state index is 0.0664. The summed E-state index contributed by atoms with van der Waals surface area (Å²) in [5.74, 6) is 0.770. The fourth-order valence-corrected chi connectivity index (χ4v) is 1.45. The number of nitrogens with one attached hydrogen (secondary N) is 2. The number of hydrogen-bond donors (Lipinski definition) is 2. The van der Waals surface area contributed by atoms with Gasteiger partial charge in [-0.3, -0.25) is 4.79 Å². The number of H-pyrrole nitrogens is 1. The predicted molar refractivity (Wildman–Crippen MR) is 64.1 cm³/mol. The Bertz CT molecular complexity index is 512. The minimum Gasteiger partial charge on any atom is -0.492 e. The van der Waals surface area contributed by atoms with Crippen molar-refractivity contribution < 1.29 is 9.53 Å². The first-order chi connectivity index (χ1) is 8.79. The van der Waals surface area contributed by atoms with Crippen molar-refractivity contribution >= 4 is 11.6 Å². The van der Waals surface area contributed by atoms with Crippen LogP contribution in [0.3, 0.4) is 0 Å². The zero-order chi connectivity index (χ0) is 12.8. The van der Waals surface area contributed by atoms with Gasteiger partial charge in [0.2, 0.25) is 5.91 Å². The normalized spacial score (nSPS) is 10.1. The van der Waals surface area contributed by atoms with E-state index < -0.39 is 0 Å². The lowest BCUT2D eigenvalue weighted by molar-refractivity contribution is -0.115. The molecule has 0 aliphatic rings. The highest BCUT2D eigenvalue weighted by atomic mass is 16.5. The molecule has 0 fully saturated rings. The van der Waals surface area contributed by atoms with Gasteiger partial charge in [0.1, 0.15) is 5.75 Å². The van der Waals surface area contributed by atoms with Crippen LogP contribution >= 0.6 is 0 Å². The van der Waals surface area contributed by atoms with Crippen molar-refractivity contribution in [2.24, 2.45) is 0 Å². The number of rotatable bonds is 5. The zero-order valence-corrected chi connectivity index (χ0v) is 9.88. The molecule has 0 aliphatic heterocycles. The lowest BCUT2D eigenvalue weighted by atomic mass is 10.2. The van der Waals surface area contributed by atoms with Crippen LogP contribution in [0.5, 0.6) is 5.75 Å². The monoisotopic (exact) mass is 247 g/mol. The molecule has 0 atom stereocenters. The first-order valence-electron chi connectivity index (χ1n) is 5.53. The van der Waals surface area contributed by atoms with E-state index in [9.17, 15) is 4.79 Å². The van der Waals surface area contributed by atoms with Crippen molar-refractivity contribution in [2.45, 2.75) is 13.3 Å². The number of amides is 1. The third-order valence-corrected chi connectivity index (χ3v) is 2.17. The predicted octanol–water partition coefficient (Wildman–Crippen LogP) is 0.780. The van der Waals surface area contributed by atoms with Crippen LogP contribution in [0.15, 0.2) is 24.3 Å². The number of tetrazole rings is 1. The topological polar surface area (TPSA) is 92.8 Å². The second-order valence-corrected chi connectivity index (χ2v) is 3.48. The Morgan fingerprint density at radius 3 is 3.00 bits per heavy atom. The third-order valence-electron chi connectivity index (χ3n) is 2.17. The largest absolute Gasteiger partial charge is 0.492 e. The number of aromatic amines is 1. The molecule has 0 aliphatic carbocycles. The molecule has 0 radical (unpaired) electrons. The molecule has 0 spiro atoms. The van der Waals surface area contributed by atoms with Gasteiger partial charge in [0, 0.05) is 0 Å². The Kier molecular flexibility index (Phi) is 3.85. The number of ether oxygens (including phenoxy) is 1. The highest BCUT2D eigenvalue weighted by molar-refractivity contribution is 5.93. The van der Waals surface area contributed by atoms with E-state index in [2.05, 4.69) is 25.9 Å². The van der Waals surface area contributed by atoms with Crippen molar-refractivity contribution in [3.05, 3.63) is 30.1 Å². The Hall–Kier alpha value is -2.44. The molecule has 0 bridgehead atoms. The second-order valence-electron chi connectivity index (χ2n) is 3.48. The fourth-order valence-electron chi connectivity index (χ4n) is 1.45. The van der Waals surface area contributed by atoms with Crippen molar-refractivity contribution in [3.8, 4) is 5.75 Å². The van der Waals surface area contributed by atoms with Crippen LogP contribution in [0.2, 0.25) is 0 Å². The second kappa shape index (κ2) is 5.76. The van der Waals surface area contributed by atoms with Crippen molar-refractivity contribution in [1.29, 1.82) is 0 Å². The zero-order valence-electron chi connectivity index (χ0n) is 9.88. The molecule has 1 amide bonds. The molecule has 1 aromatic carbocycles. The quantitative estimate of drug-likeness (QED) is 0.814. The highest BCUT2D eigenvalue weighted by Crippen LogP contribution is 2.23. The van der Waals surface area contributed by atoms with E-state index in [0.717, 1.165) is 0 Å². The van der Waals surface area contributed by atoms with Gasteiger partial charge in [-0.15, -0.1) is 10.2 Å². The van der Waals surface area contributed by atoms with Gasteiger partial charge in [0.05, 0.1) is 18.7 Å². The van der Waals surface area contributed by atoms with Gasteiger partial charge in [0.15, 0.2) is 5.82 Å². The van der Waals surface area contributed by atoms with Gasteiger partial charge in [0.25, 0.3) is 0 Å². The van der Waals surface area contributed by atoms with Gasteiger partial charge in [-0.05, 0) is 19.1 Å². The molecule has 7 nitrogen and oxygen atoms in total. The fraction of sp³-hybridized carbons (Fsp3) is 0.273. The summed E-state index contributed by atoms with van der Waals surface area (Å²) in [6, 6.07) is 7.25. The Balaban J connectivity index is 2.02. The van der Waals surface area contributed by atoms with Crippen LogP contribution in [-0.2, 0) is 11.2 Å². The number of aromatic nitrogens is 4. The summed E-state index contributed by atoms with van der Waals surface area (Å²) in [4.78, 5) is 11.7. The maximum atomic E-state index is 11.7. The Labute approximate surface area is 104 Å². The van der Waals surface area contributed by atoms with E-state index in [1.165, 1.54) is 0 Å². The first-order valence-corrected chi connectivity index (χ1v) is 5.53. The van der Waals surface area contributed by atoms with Gasteiger partial charge in [-0.25, -0.2) is 0 Å². The maximum absolute atomic E-state index is 11.7. The van der Waals surface area contributed by atoms with Crippen LogP contribution in [0, 0.1) is 0 Å². The van der Waals surface area contributed by atoms with E-state index in [0.29, 0.717) is 23.9 Å². The summed E-state index contributed by atoms with van der Waals surface area (Å²) in [6.45, 7) is 2.43. The molecule has 0 unspecified atom stereocenters. The molecule has 2 N–H and O–H groups in total. The van der Waals surface area contributed by atoms with Gasteiger partial charge >= 0.3 is 0 Å². The molecule has 7 heteroatoms. The molecule has 2 aromatic rings. The number of hydrogen-bond acceptors (Lipinski definition) is 5. The van der Waals surface area contributed by atoms with Crippen LogP contribution in [-0.4, -0.2) is 33.1 Å². The van der Waals surface area contributed by atoms with E-state index in [-0.39, 0.29) is 12.3 Å². The standard InChI is InChI=1S/C11H13N5O2/c1-2-18-9-6-4-3-5-8(9)12-11(17)7-10-13-15-16-14-10/h3-6H,2,7H2,1H3,(H,12,17)(H,13,14,15,16).